The molecule has 0 radical (unpaired) electrons. The summed E-state index contributed by atoms with van der Waals surface area (Å²) in [5.41, 5.74) is 0.145. The summed E-state index contributed by atoms with van der Waals surface area (Å²) >= 11 is 11.9. The van der Waals surface area contributed by atoms with E-state index in [2.05, 4.69) is 10.0 Å². The summed E-state index contributed by atoms with van der Waals surface area (Å²) in [7, 11) is -4.18. The van der Waals surface area contributed by atoms with Gasteiger partial charge in [-0.05, 0) is 36.8 Å². The zero-order valence-corrected chi connectivity index (χ0v) is 15.7. The summed E-state index contributed by atoms with van der Waals surface area (Å²) in [6, 6.07) is 5.84. The molecule has 1 heterocycles. The monoisotopic (exact) mass is 418 g/mol. The Kier molecular flexibility index (Phi) is 5.01. The molecule has 26 heavy (non-hydrogen) atoms. The average Bonchev–Trinajstić information content (AvgIpc) is 2.56. The number of hydrogen-bond donors (Lipinski definition) is 2. The first-order valence-electron chi connectivity index (χ1n) is 7.50. The normalized spacial score (nSPS) is 16.5. The number of hydrogen-bond acceptors (Lipinski definition) is 4. The van der Waals surface area contributed by atoms with Gasteiger partial charge in [-0.1, -0.05) is 30.1 Å². The van der Waals surface area contributed by atoms with Crippen molar-refractivity contribution in [2.45, 2.75) is 24.3 Å². The molecule has 0 aliphatic carbocycles. The first-order chi connectivity index (χ1) is 12.2. The fourth-order valence-corrected chi connectivity index (χ4v) is 4.25. The van der Waals surface area contributed by atoms with E-state index in [-0.39, 0.29) is 38.0 Å². The van der Waals surface area contributed by atoms with E-state index < -0.39 is 21.9 Å². The van der Waals surface area contributed by atoms with E-state index in [9.17, 15) is 17.6 Å². The molecule has 6 nitrogen and oxygen atoms in total. The van der Waals surface area contributed by atoms with Crippen molar-refractivity contribution in [3.8, 4) is 5.75 Å². The molecule has 0 spiro atoms. The summed E-state index contributed by atoms with van der Waals surface area (Å²) in [5.74, 6) is -1.01. The predicted octanol–water partition coefficient (Wildman–Crippen LogP) is 4.04. The van der Waals surface area contributed by atoms with Crippen molar-refractivity contribution in [2.75, 3.05) is 10.0 Å². The van der Waals surface area contributed by atoms with Gasteiger partial charge in [-0.3, -0.25) is 9.52 Å². The lowest BCUT2D eigenvalue weighted by atomic mass is 10.2. The van der Waals surface area contributed by atoms with Crippen LogP contribution in [0.4, 0.5) is 15.8 Å². The second-order valence-corrected chi connectivity index (χ2v) is 8.01. The fourth-order valence-electron chi connectivity index (χ4n) is 2.43. The Morgan fingerprint density at radius 3 is 2.65 bits per heavy atom. The van der Waals surface area contributed by atoms with Gasteiger partial charge in [0.1, 0.15) is 10.7 Å². The van der Waals surface area contributed by atoms with Crippen molar-refractivity contribution in [2.24, 2.45) is 0 Å². The van der Waals surface area contributed by atoms with Gasteiger partial charge in [0.05, 0.1) is 16.4 Å². The van der Waals surface area contributed by atoms with Gasteiger partial charge in [0, 0.05) is 5.02 Å². The molecule has 2 aromatic carbocycles. The zero-order chi connectivity index (χ0) is 19.1. The molecule has 0 saturated carbocycles. The summed E-state index contributed by atoms with van der Waals surface area (Å²) in [6.07, 6.45) is -0.475. The van der Waals surface area contributed by atoms with Crippen LogP contribution in [0.15, 0.2) is 35.2 Å². The van der Waals surface area contributed by atoms with E-state index in [1.165, 1.54) is 18.2 Å². The molecule has 138 valence electrons. The van der Waals surface area contributed by atoms with Crippen LogP contribution in [0.1, 0.15) is 13.3 Å². The molecule has 0 bridgehead atoms. The van der Waals surface area contributed by atoms with E-state index in [4.69, 9.17) is 27.9 Å². The minimum absolute atomic E-state index is 0.00585. The standard InChI is InChI=1S/C16H13Cl2FN2O4S/c1-2-13-16(22)20-12-5-8(17)6-14(15(12)25-13)26(23,24)21-11-4-3-9(19)7-10(11)18/h3-7,13,21H,2H2,1H3,(H,20,22). The number of fused-ring (bicyclic) bond motifs is 1. The van der Waals surface area contributed by atoms with Gasteiger partial charge in [0.15, 0.2) is 11.9 Å². The van der Waals surface area contributed by atoms with Crippen molar-refractivity contribution in [3.05, 3.63) is 46.2 Å². The van der Waals surface area contributed by atoms with Gasteiger partial charge >= 0.3 is 0 Å². The molecular weight excluding hydrogens is 406 g/mol. The van der Waals surface area contributed by atoms with E-state index in [1.54, 1.807) is 6.92 Å². The lowest BCUT2D eigenvalue weighted by molar-refractivity contribution is -0.123. The maximum atomic E-state index is 13.2. The van der Waals surface area contributed by atoms with Crippen molar-refractivity contribution in [3.63, 3.8) is 0 Å². The zero-order valence-electron chi connectivity index (χ0n) is 13.3. The predicted molar refractivity (Wildman–Crippen MR) is 97.0 cm³/mol. The smallest absolute Gasteiger partial charge is 0.265 e. The van der Waals surface area contributed by atoms with Crippen LogP contribution in [-0.2, 0) is 14.8 Å². The van der Waals surface area contributed by atoms with Crippen LogP contribution in [0.3, 0.4) is 0 Å². The van der Waals surface area contributed by atoms with Crippen LogP contribution < -0.4 is 14.8 Å². The summed E-state index contributed by atoms with van der Waals surface area (Å²) in [6.45, 7) is 1.73. The average molecular weight is 419 g/mol. The highest BCUT2D eigenvalue weighted by Crippen LogP contribution is 2.40. The van der Waals surface area contributed by atoms with Gasteiger partial charge in [0.2, 0.25) is 0 Å². The minimum Gasteiger partial charge on any atom is -0.477 e. The van der Waals surface area contributed by atoms with Gasteiger partial charge in [0.25, 0.3) is 15.9 Å². The number of sulfonamides is 1. The van der Waals surface area contributed by atoms with E-state index in [0.717, 1.165) is 12.1 Å². The molecule has 3 rings (SSSR count). The lowest BCUT2D eigenvalue weighted by Gasteiger charge is -2.27. The van der Waals surface area contributed by atoms with Crippen LogP contribution in [0, 0.1) is 5.82 Å². The number of nitrogens with one attached hydrogen (secondary N) is 2. The number of amides is 1. The maximum absolute atomic E-state index is 13.2. The summed E-state index contributed by atoms with van der Waals surface area (Å²) < 4.78 is 46.7. The number of rotatable bonds is 4. The number of anilines is 2. The van der Waals surface area contributed by atoms with E-state index in [0.29, 0.717) is 6.42 Å². The molecule has 10 heteroatoms. The number of carbonyl (C=O) groups excluding carboxylic acids is 1. The molecular formula is C16H13Cl2FN2O4S. The van der Waals surface area contributed by atoms with Crippen LogP contribution >= 0.6 is 23.2 Å². The molecule has 1 atom stereocenters. The Hall–Kier alpha value is -2.03. The van der Waals surface area contributed by atoms with Gasteiger partial charge in [-0.2, -0.15) is 0 Å². The Balaban J connectivity index is 2.07. The topological polar surface area (TPSA) is 84.5 Å². The van der Waals surface area contributed by atoms with Crippen LogP contribution in [-0.4, -0.2) is 20.4 Å². The number of ether oxygens (including phenoxy) is 1. The van der Waals surface area contributed by atoms with Crippen LogP contribution in [0.2, 0.25) is 10.0 Å². The third kappa shape index (κ3) is 3.58. The van der Waals surface area contributed by atoms with Gasteiger partial charge < -0.3 is 10.1 Å². The highest BCUT2D eigenvalue weighted by molar-refractivity contribution is 7.92. The third-order valence-corrected chi connectivity index (χ3v) is 5.57. The highest BCUT2D eigenvalue weighted by Gasteiger charge is 2.32. The third-order valence-electron chi connectivity index (χ3n) is 3.67. The summed E-state index contributed by atoms with van der Waals surface area (Å²) in [5, 5.41) is 2.57. The molecule has 1 amide bonds. The molecule has 0 fully saturated rings. The Labute approximate surface area is 159 Å². The van der Waals surface area contributed by atoms with Crippen LogP contribution in [0.5, 0.6) is 5.75 Å². The molecule has 1 unspecified atom stereocenters. The highest BCUT2D eigenvalue weighted by atomic mass is 35.5. The van der Waals surface area contributed by atoms with E-state index in [1.807, 2.05) is 0 Å². The Morgan fingerprint density at radius 1 is 1.27 bits per heavy atom. The number of halogens is 3. The number of carbonyl (C=O) groups is 1. The first kappa shape index (κ1) is 18.8. The quantitative estimate of drug-likeness (QED) is 0.784. The maximum Gasteiger partial charge on any atom is 0.265 e. The molecule has 1 aliphatic heterocycles. The van der Waals surface area contributed by atoms with E-state index >= 15 is 0 Å². The number of benzene rings is 2. The van der Waals surface area contributed by atoms with Gasteiger partial charge in [-0.15, -0.1) is 0 Å². The summed E-state index contributed by atoms with van der Waals surface area (Å²) in [4.78, 5) is 11.7. The molecule has 0 aromatic heterocycles. The molecule has 2 aromatic rings. The molecule has 1 aliphatic rings. The Morgan fingerprint density at radius 2 is 2.00 bits per heavy atom. The first-order valence-corrected chi connectivity index (χ1v) is 9.74. The second-order valence-electron chi connectivity index (χ2n) is 5.51. The van der Waals surface area contributed by atoms with Crippen molar-refractivity contribution in [1.29, 1.82) is 0 Å². The second kappa shape index (κ2) is 6.94. The minimum atomic E-state index is -4.18. The Bertz CT molecular complexity index is 998. The molecule has 2 N–H and O–H groups in total. The van der Waals surface area contributed by atoms with Crippen molar-refractivity contribution >= 4 is 50.5 Å². The SMILES string of the molecule is CCC1Oc2c(cc(Cl)cc2S(=O)(=O)Nc2ccc(F)cc2Cl)NC1=O. The lowest BCUT2D eigenvalue weighted by Crippen LogP contribution is -2.37. The fraction of sp³-hybridized carbons (Fsp3) is 0.188. The van der Waals surface area contributed by atoms with Crippen LogP contribution in [0.25, 0.3) is 0 Å². The van der Waals surface area contributed by atoms with Crippen molar-refractivity contribution in [1.82, 2.24) is 0 Å². The molecule has 0 saturated heterocycles. The van der Waals surface area contributed by atoms with Gasteiger partial charge in [-0.25, -0.2) is 12.8 Å². The van der Waals surface area contributed by atoms with Crippen molar-refractivity contribution < 1.29 is 22.3 Å². The largest absolute Gasteiger partial charge is 0.477 e.